The number of carbonyl (C=O) groups is 2. The maximum Gasteiger partial charge on any atom is 0.339 e. The minimum absolute atomic E-state index is 0.0172. The second-order valence-electron chi connectivity index (χ2n) is 7.82. The molecule has 2 aromatic rings. The van der Waals surface area contributed by atoms with E-state index in [4.69, 9.17) is 32.7 Å². The molecule has 4 nitrogen and oxygen atoms in total. The first-order valence-electron chi connectivity index (χ1n) is 11.4. The molecule has 6 heteroatoms. The Labute approximate surface area is 201 Å². The topological polar surface area (TPSA) is 52.6 Å². The summed E-state index contributed by atoms with van der Waals surface area (Å²) in [4.78, 5) is 25.1. The lowest BCUT2D eigenvalue weighted by Crippen LogP contribution is -2.14. The van der Waals surface area contributed by atoms with Gasteiger partial charge < -0.3 is 9.47 Å². The Bertz CT molecular complexity index is 867. The number of hydrogen-bond donors (Lipinski definition) is 0. The van der Waals surface area contributed by atoms with Crippen LogP contribution in [-0.4, -0.2) is 18.5 Å². The first-order valence-corrected chi connectivity index (χ1v) is 12.2. The van der Waals surface area contributed by atoms with Crippen LogP contribution in [0.2, 0.25) is 10.0 Å². The van der Waals surface area contributed by atoms with Crippen molar-refractivity contribution in [1.29, 1.82) is 0 Å². The summed E-state index contributed by atoms with van der Waals surface area (Å²) in [5.74, 6) is -1.12. The van der Waals surface area contributed by atoms with Crippen LogP contribution < -0.4 is 0 Å². The smallest absolute Gasteiger partial charge is 0.339 e. The largest absolute Gasteiger partial charge is 0.462 e. The lowest BCUT2D eigenvalue weighted by molar-refractivity contribution is 0.0436. The van der Waals surface area contributed by atoms with Gasteiger partial charge >= 0.3 is 11.9 Å². The molecule has 174 valence electrons. The minimum Gasteiger partial charge on any atom is -0.462 e. The van der Waals surface area contributed by atoms with Gasteiger partial charge in [-0.3, -0.25) is 0 Å². The fraction of sp³-hybridized carbons (Fsp3) is 0.462. The molecule has 0 N–H and O–H groups in total. The lowest BCUT2D eigenvalue weighted by atomic mass is 10.1. The fourth-order valence-corrected chi connectivity index (χ4v) is 3.82. The van der Waals surface area contributed by atoms with Crippen molar-refractivity contribution >= 4 is 35.1 Å². The van der Waals surface area contributed by atoms with Gasteiger partial charge in [0.25, 0.3) is 0 Å². The molecule has 32 heavy (non-hydrogen) atoms. The maximum absolute atomic E-state index is 12.6. The van der Waals surface area contributed by atoms with Crippen LogP contribution in [0.25, 0.3) is 0 Å². The van der Waals surface area contributed by atoms with E-state index in [-0.39, 0.29) is 17.7 Å². The van der Waals surface area contributed by atoms with Crippen molar-refractivity contribution < 1.29 is 19.1 Å². The molecule has 2 rings (SSSR count). The van der Waals surface area contributed by atoms with Crippen LogP contribution in [0.5, 0.6) is 0 Å². The van der Waals surface area contributed by atoms with E-state index in [0.717, 1.165) is 19.3 Å². The van der Waals surface area contributed by atoms with Gasteiger partial charge in [-0.15, -0.1) is 0 Å². The van der Waals surface area contributed by atoms with E-state index in [0.29, 0.717) is 22.2 Å². The van der Waals surface area contributed by atoms with Gasteiger partial charge in [0.1, 0.15) is 6.61 Å². The summed E-state index contributed by atoms with van der Waals surface area (Å²) in [6, 6.07) is 11.5. The number of ether oxygens (including phenoxy) is 2. The Morgan fingerprint density at radius 1 is 0.750 bits per heavy atom. The van der Waals surface area contributed by atoms with Crippen molar-refractivity contribution in [2.24, 2.45) is 0 Å². The van der Waals surface area contributed by atoms with E-state index in [9.17, 15) is 9.59 Å². The third-order valence-electron chi connectivity index (χ3n) is 5.22. The third-order valence-corrected chi connectivity index (χ3v) is 5.81. The summed E-state index contributed by atoms with van der Waals surface area (Å²) in [6.07, 6.45) is 10.7. The van der Waals surface area contributed by atoms with E-state index >= 15 is 0 Å². The maximum atomic E-state index is 12.6. The average Bonchev–Trinajstić information content (AvgIpc) is 2.79. The second-order valence-corrected chi connectivity index (χ2v) is 8.67. The van der Waals surface area contributed by atoms with E-state index in [2.05, 4.69) is 6.92 Å². The Kier molecular flexibility index (Phi) is 12.2. The molecule has 2 aromatic carbocycles. The van der Waals surface area contributed by atoms with Crippen LogP contribution in [0.1, 0.15) is 91.0 Å². The van der Waals surface area contributed by atoms with Crippen molar-refractivity contribution in [1.82, 2.24) is 0 Å². The van der Waals surface area contributed by atoms with Crippen LogP contribution in [0.15, 0.2) is 42.5 Å². The highest BCUT2D eigenvalue weighted by Crippen LogP contribution is 2.22. The van der Waals surface area contributed by atoms with E-state index in [1.165, 1.54) is 38.5 Å². The number of carbonyl (C=O) groups excluding carboxylic acids is 2. The average molecular weight is 479 g/mol. The molecular formula is C26H32Cl2O4. The predicted molar refractivity (Wildman–Crippen MR) is 130 cm³/mol. The standard InChI is InChI=1S/C26H32Cl2O4/c1-2-3-4-5-6-7-8-9-12-17-31-25(29)22-13-10-11-14-23(22)26(30)32-19-20-15-16-21(27)18-24(20)28/h10-11,13-16,18H,2-9,12,17,19H2,1H3. The highest BCUT2D eigenvalue weighted by Gasteiger charge is 2.19. The molecular weight excluding hydrogens is 447 g/mol. The number of rotatable bonds is 14. The molecule has 0 aliphatic carbocycles. The normalized spacial score (nSPS) is 10.7. The molecule has 0 saturated heterocycles. The molecule has 0 saturated carbocycles. The highest BCUT2D eigenvalue weighted by atomic mass is 35.5. The molecule has 0 spiro atoms. The second kappa shape index (κ2) is 14.9. The summed E-state index contributed by atoms with van der Waals surface area (Å²) in [7, 11) is 0. The Morgan fingerprint density at radius 2 is 1.31 bits per heavy atom. The van der Waals surface area contributed by atoms with Crippen molar-refractivity contribution in [3.8, 4) is 0 Å². The van der Waals surface area contributed by atoms with Crippen molar-refractivity contribution in [2.75, 3.05) is 6.61 Å². The molecule has 0 aromatic heterocycles. The number of halogens is 2. The van der Waals surface area contributed by atoms with E-state index in [1.807, 2.05) is 0 Å². The van der Waals surface area contributed by atoms with Crippen LogP contribution in [0.3, 0.4) is 0 Å². The molecule has 0 bridgehead atoms. The Morgan fingerprint density at radius 3 is 1.91 bits per heavy atom. The van der Waals surface area contributed by atoms with Gasteiger partial charge in [-0.2, -0.15) is 0 Å². The van der Waals surface area contributed by atoms with Crippen molar-refractivity contribution in [3.63, 3.8) is 0 Å². The molecule has 0 aliphatic heterocycles. The van der Waals surface area contributed by atoms with Crippen LogP contribution >= 0.6 is 23.2 Å². The van der Waals surface area contributed by atoms with E-state index < -0.39 is 11.9 Å². The van der Waals surface area contributed by atoms with Crippen LogP contribution in [-0.2, 0) is 16.1 Å². The zero-order chi connectivity index (χ0) is 23.2. The van der Waals surface area contributed by atoms with Crippen LogP contribution in [0.4, 0.5) is 0 Å². The summed E-state index contributed by atoms with van der Waals surface area (Å²) < 4.78 is 10.7. The van der Waals surface area contributed by atoms with Gasteiger partial charge in [0, 0.05) is 15.6 Å². The summed E-state index contributed by atoms with van der Waals surface area (Å²) in [5.41, 5.74) is 1.01. The van der Waals surface area contributed by atoms with Gasteiger partial charge in [-0.25, -0.2) is 9.59 Å². The molecule has 0 unspecified atom stereocenters. The monoisotopic (exact) mass is 478 g/mol. The van der Waals surface area contributed by atoms with Crippen LogP contribution in [0, 0.1) is 0 Å². The summed E-state index contributed by atoms with van der Waals surface area (Å²) >= 11 is 12.0. The first kappa shape index (κ1) is 26.2. The number of hydrogen-bond acceptors (Lipinski definition) is 4. The number of benzene rings is 2. The van der Waals surface area contributed by atoms with Gasteiger partial charge in [0.05, 0.1) is 17.7 Å². The van der Waals surface area contributed by atoms with Gasteiger partial charge in [-0.1, -0.05) is 99.7 Å². The lowest BCUT2D eigenvalue weighted by Gasteiger charge is -2.11. The summed E-state index contributed by atoms with van der Waals surface area (Å²) in [5, 5.41) is 0.920. The number of unbranched alkanes of at least 4 members (excludes halogenated alkanes) is 8. The predicted octanol–water partition coefficient (Wildman–Crippen LogP) is 8.04. The van der Waals surface area contributed by atoms with Gasteiger partial charge in [0.2, 0.25) is 0 Å². The Hall–Kier alpha value is -2.04. The summed E-state index contributed by atoms with van der Waals surface area (Å²) in [6.45, 7) is 2.55. The SMILES string of the molecule is CCCCCCCCCCCOC(=O)c1ccccc1C(=O)OCc1ccc(Cl)cc1Cl. The third kappa shape index (κ3) is 9.22. The first-order chi connectivity index (χ1) is 15.5. The van der Waals surface area contributed by atoms with Gasteiger partial charge in [-0.05, 0) is 30.7 Å². The molecule has 0 amide bonds. The minimum atomic E-state index is -0.605. The molecule has 0 heterocycles. The quantitative estimate of drug-likeness (QED) is 0.203. The molecule has 0 aliphatic rings. The van der Waals surface area contributed by atoms with Crippen molar-refractivity contribution in [2.45, 2.75) is 71.3 Å². The zero-order valence-corrected chi connectivity index (χ0v) is 20.2. The Balaban J connectivity index is 1.76. The van der Waals surface area contributed by atoms with E-state index in [1.54, 1.807) is 42.5 Å². The molecule has 0 atom stereocenters. The number of esters is 2. The molecule has 0 radical (unpaired) electrons. The molecule has 0 fully saturated rings. The van der Waals surface area contributed by atoms with Gasteiger partial charge in [0.15, 0.2) is 0 Å². The zero-order valence-electron chi connectivity index (χ0n) is 18.7. The highest BCUT2D eigenvalue weighted by molar-refractivity contribution is 6.35. The van der Waals surface area contributed by atoms with Crippen molar-refractivity contribution in [3.05, 3.63) is 69.2 Å². The fourth-order valence-electron chi connectivity index (χ4n) is 3.35.